The van der Waals surface area contributed by atoms with E-state index in [9.17, 15) is 13.2 Å². The minimum Gasteiger partial charge on any atom is -0.465 e. The molecule has 164 valence electrons. The van der Waals surface area contributed by atoms with Gasteiger partial charge in [0.15, 0.2) is 0 Å². The standard InChI is InChI=1S/C24H33NO4S/c1-5-8-9-10-11-12-22(24(26)29-7-3)23-18-25(17-20(23)6-2)30(27,28)21-15-13-19(4)14-16-21/h6,11-16,22H,2,5,7-10,17-18H2,1,3-4H3/b12-11+. The Labute approximate surface area is 181 Å². The Bertz CT molecular complexity index is 898. The second kappa shape index (κ2) is 11.3. The van der Waals surface area contributed by atoms with Crippen molar-refractivity contribution in [3.8, 4) is 0 Å². The van der Waals surface area contributed by atoms with Gasteiger partial charge in [-0.05, 0) is 50.0 Å². The van der Waals surface area contributed by atoms with Gasteiger partial charge in [-0.25, -0.2) is 8.42 Å². The fourth-order valence-electron chi connectivity index (χ4n) is 3.48. The number of unbranched alkanes of at least 4 members (excludes halogenated alkanes) is 3. The van der Waals surface area contributed by atoms with Gasteiger partial charge in [0.05, 0.1) is 17.4 Å². The lowest BCUT2D eigenvalue weighted by Gasteiger charge is -2.18. The van der Waals surface area contributed by atoms with E-state index in [4.69, 9.17) is 4.74 Å². The number of esters is 1. The largest absolute Gasteiger partial charge is 0.465 e. The number of carbonyl (C=O) groups is 1. The summed E-state index contributed by atoms with van der Waals surface area (Å²) in [5.41, 5.74) is 2.50. The second-order valence-corrected chi connectivity index (χ2v) is 9.43. The molecule has 0 saturated heterocycles. The van der Waals surface area contributed by atoms with Crippen molar-refractivity contribution >= 4 is 16.0 Å². The molecule has 30 heavy (non-hydrogen) atoms. The lowest BCUT2D eigenvalue weighted by molar-refractivity contribution is -0.145. The van der Waals surface area contributed by atoms with Crippen LogP contribution in [0.1, 0.15) is 45.1 Å². The summed E-state index contributed by atoms with van der Waals surface area (Å²) in [6.45, 7) is 10.3. The predicted molar refractivity (Wildman–Crippen MR) is 121 cm³/mol. The molecule has 1 aliphatic heterocycles. The van der Waals surface area contributed by atoms with E-state index < -0.39 is 15.9 Å². The number of aryl methyl sites for hydroxylation is 1. The monoisotopic (exact) mass is 431 g/mol. The molecule has 1 aromatic rings. The molecule has 1 aliphatic rings. The molecule has 0 aliphatic carbocycles. The van der Waals surface area contributed by atoms with Gasteiger partial charge in [-0.3, -0.25) is 4.79 Å². The number of allylic oxidation sites excluding steroid dienone is 1. The van der Waals surface area contributed by atoms with Gasteiger partial charge in [0.25, 0.3) is 0 Å². The number of benzene rings is 1. The number of nitrogens with zero attached hydrogens (tertiary/aromatic N) is 1. The minimum absolute atomic E-state index is 0.153. The lowest BCUT2D eigenvalue weighted by Crippen LogP contribution is -2.31. The molecular formula is C24H33NO4S. The van der Waals surface area contributed by atoms with Gasteiger partial charge in [-0.2, -0.15) is 4.31 Å². The van der Waals surface area contributed by atoms with E-state index in [0.717, 1.165) is 42.4 Å². The first kappa shape index (κ1) is 24.1. The van der Waals surface area contributed by atoms with E-state index in [1.54, 1.807) is 37.3 Å². The van der Waals surface area contributed by atoms with Crippen LogP contribution in [-0.4, -0.2) is 38.4 Å². The highest BCUT2D eigenvalue weighted by Gasteiger charge is 2.36. The Morgan fingerprint density at radius 3 is 2.50 bits per heavy atom. The van der Waals surface area contributed by atoms with Gasteiger partial charge in [0.2, 0.25) is 10.0 Å². The van der Waals surface area contributed by atoms with Crippen molar-refractivity contribution in [1.29, 1.82) is 0 Å². The Kier molecular flexibility index (Phi) is 9.06. The molecule has 0 aromatic heterocycles. The SMILES string of the molecule is C=CC1=C(C(/C=C/CCCCC)C(=O)OCC)CN(S(=O)(=O)c2ccc(C)cc2)C1. The number of ether oxygens (including phenoxy) is 1. The maximum Gasteiger partial charge on any atom is 0.317 e. The predicted octanol–water partition coefficient (Wildman–Crippen LogP) is 4.80. The van der Waals surface area contributed by atoms with Crippen molar-refractivity contribution in [2.24, 2.45) is 5.92 Å². The zero-order chi connectivity index (χ0) is 22.1. The third kappa shape index (κ3) is 5.92. The molecule has 0 fully saturated rings. The van der Waals surface area contributed by atoms with E-state index in [1.165, 1.54) is 4.31 Å². The molecule has 0 amide bonds. The van der Waals surface area contributed by atoms with Crippen LogP contribution in [0.25, 0.3) is 0 Å². The Balaban J connectivity index is 2.28. The molecule has 0 radical (unpaired) electrons. The Morgan fingerprint density at radius 2 is 1.90 bits per heavy atom. The summed E-state index contributed by atoms with van der Waals surface area (Å²) < 4.78 is 33.0. The number of rotatable bonds is 11. The summed E-state index contributed by atoms with van der Waals surface area (Å²) in [5.74, 6) is -0.953. The van der Waals surface area contributed by atoms with Crippen LogP contribution in [0.5, 0.6) is 0 Å². The van der Waals surface area contributed by atoms with Crippen LogP contribution in [0.3, 0.4) is 0 Å². The molecule has 0 bridgehead atoms. The molecule has 1 aromatic carbocycles. The van der Waals surface area contributed by atoms with Crippen molar-refractivity contribution in [1.82, 2.24) is 4.31 Å². The van der Waals surface area contributed by atoms with E-state index in [1.807, 2.05) is 19.1 Å². The highest BCUT2D eigenvalue weighted by molar-refractivity contribution is 7.89. The van der Waals surface area contributed by atoms with Crippen LogP contribution >= 0.6 is 0 Å². The van der Waals surface area contributed by atoms with Crippen LogP contribution in [0.4, 0.5) is 0 Å². The number of hydrogen-bond donors (Lipinski definition) is 0. The molecule has 1 heterocycles. The highest BCUT2D eigenvalue weighted by atomic mass is 32.2. The minimum atomic E-state index is -3.67. The molecule has 6 heteroatoms. The van der Waals surface area contributed by atoms with Crippen molar-refractivity contribution in [3.05, 3.63) is 65.8 Å². The Hall–Kier alpha value is -2.18. The van der Waals surface area contributed by atoms with E-state index in [-0.39, 0.29) is 30.6 Å². The third-order valence-corrected chi connectivity index (χ3v) is 7.04. The number of hydrogen-bond acceptors (Lipinski definition) is 4. The maximum absolute atomic E-state index is 13.1. The molecule has 0 saturated carbocycles. The summed E-state index contributed by atoms with van der Waals surface area (Å²) in [6.07, 6.45) is 9.72. The first-order chi connectivity index (χ1) is 14.3. The number of sulfonamides is 1. The molecule has 5 nitrogen and oxygen atoms in total. The quantitative estimate of drug-likeness (QED) is 0.287. The van der Waals surface area contributed by atoms with Crippen molar-refractivity contribution in [2.75, 3.05) is 19.7 Å². The van der Waals surface area contributed by atoms with Gasteiger partial charge in [-0.15, -0.1) is 0 Å². The maximum atomic E-state index is 13.1. The molecule has 0 N–H and O–H groups in total. The van der Waals surface area contributed by atoms with Crippen LogP contribution in [0.2, 0.25) is 0 Å². The average molecular weight is 432 g/mol. The summed E-state index contributed by atoms with van der Waals surface area (Å²) in [4.78, 5) is 12.9. The van der Waals surface area contributed by atoms with Crippen LogP contribution in [-0.2, 0) is 19.6 Å². The lowest BCUT2D eigenvalue weighted by atomic mass is 9.95. The number of carbonyl (C=O) groups excluding carboxylic acids is 1. The normalized spacial score (nSPS) is 16.2. The summed E-state index contributed by atoms with van der Waals surface area (Å²) in [6, 6.07) is 6.80. The van der Waals surface area contributed by atoms with Gasteiger partial charge >= 0.3 is 5.97 Å². The van der Waals surface area contributed by atoms with Crippen LogP contribution < -0.4 is 0 Å². The van der Waals surface area contributed by atoms with Gasteiger partial charge < -0.3 is 4.74 Å². The van der Waals surface area contributed by atoms with Crippen molar-refractivity contribution in [2.45, 2.75) is 51.3 Å². The molecule has 1 unspecified atom stereocenters. The summed E-state index contributed by atoms with van der Waals surface area (Å²) >= 11 is 0. The van der Waals surface area contributed by atoms with Gasteiger partial charge in [-0.1, -0.05) is 62.3 Å². The Morgan fingerprint density at radius 1 is 1.20 bits per heavy atom. The fourth-order valence-corrected chi connectivity index (χ4v) is 4.87. The van der Waals surface area contributed by atoms with E-state index in [0.29, 0.717) is 0 Å². The van der Waals surface area contributed by atoms with E-state index in [2.05, 4.69) is 13.5 Å². The summed E-state index contributed by atoms with van der Waals surface area (Å²) in [7, 11) is -3.67. The summed E-state index contributed by atoms with van der Waals surface area (Å²) in [5, 5.41) is 0. The van der Waals surface area contributed by atoms with Crippen molar-refractivity contribution < 1.29 is 17.9 Å². The first-order valence-corrected chi connectivity index (χ1v) is 12.0. The zero-order valence-electron chi connectivity index (χ0n) is 18.3. The molecular weight excluding hydrogens is 398 g/mol. The topological polar surface area (TPSA) is 63.7 Å². The third-order valence-electron chi connectivity index (χ3n) is 5.23. The smallest absolute Gasteiger partial charge is 0.317 e. The molecule has 2 rings (SSSR count). The first-order valence-electron chi connectivity index (χ1n) is 10.6. The second-order valence-electron chi connectivity index (χ2n) is 7.49. The van der Waals surface area contributed by atoms with Crippen LogP contribution in [0.15, 0.2) is 65.1 Å². The van der Waals surface area contributed by atoms with Crippen molar-refractivity contribution in [3.63, 3.8) is 0 Å². The average Bonchev–Trinajstić information content (AvgIpc) is 3.16. The van der Waals surface area contributed by atoms with Crippen LogP contribution in [0, 0.1) is 12.8 Å². The molecule has 0 spiro atoms. The van der Waals surface area contributed by atoms with E-state index >= 15 is 0 Å². The zero-order valence-corrected chi connectivity index (χ0v) is 19.1. The van der Waals surface area contributed by atoms with Gasteiger partial charge in [0, 0.05) is 13.1 Å². The fraction of sp³-hybridized carbons (Fsp3) is 0.458. The van der Waals surface area contributed by atoms with Gasteiger partial charge in [0.1, 0.15) is 0 Å². The molecule has 1 atom stereocenters. The highest BCUT2D eigenvalue weighted by Crippen LogP contribution is 2.31.